The monoisotopic (exact) mass is 580 g/mol. The fourth-order valence-electron chi connectivity index (χ4n) is 4.44. The zero-order valence-electron chi connectivity index (χ0n) is 22.8. The van der Waals surface area contributed by atoms with Gasteiger partial charge in [-0.05, 0) is 31.2 Å². The van der Waals surface area contributed by atoms with E-state index in [1.165, 1.54) is 0 Å². The Balaban J connectivity index is 0.00000882. The van der Waals surface area contributed by atoms with Gasteiger partial charge in [0.25, 0.3) is 0 Å². The molecule has 0 bridgehead atoms. The summed E-state index contributed by atoms with van der Waals surface area (Å²) in [5.74, 6) is -5.07. The van der Waals surface area contributed by atoms with Crippen molar-refractivity contribution in [1.82, 2.24) is 21.3 Å². The Hall–Kier alpha value is -3.88. The number of nitrogens with two attached hydrogens (primary N) is 2. The molecule has 2 rings (SSSR count). The van der Waals surface area contributed by atoms with Gasteiger partial charge in [0.05, 0.1) is 19.3 Å². The van der Waals surface area contributed by atoms with E-state index >= 15 is 0 Å². The van der Waals surface area contributed by atoms with Crippen LogP contribution in [0.2, 0.25) is 0 Å². The Morgan fingerprint density at radius 2 is 1.59 bits per heavy atom. The number of ketones is 1. The summed E-state index contributed by atoms with van der Waals surface area (Å²) >= 11 is 0. The zero-order valence-corrected chi connectivity index (χ0v) is 22.8. The molecule has 14 nitrogen and oxygen atoms in total. The van der Waals surface area contributed by atoms with Gasteiger partial charge in [0.1, 0.15) is 18.1 Å². The summed E-state index contributed by atoms with van der Waals surface area (Å²) in [7, 11) is 0. The van der Waals surface area contributed by atoms with Crippen LogP contribution < -0.4 is 32.7 Å². The highest BCUT2D eigenvalue weighted by Crippen LogP contribution is 2.17. The second-order valence-corrected chi connectivity index (χ2v) is 10.0. The maximum absolute atomic E-state index is 13.2. The molecular formula is C27H44N6O8. The molecule has 0 radical (unpaired) electrons. The fraction of sp³-hybridized carbons (Fsp3) is 0.556. The van der Waals surface area contributed by atoms with Gasteiger partial charge in [-0.1, -0.05) is 30.3 Å². The number of rotatable bonds is 12. The number of nitrogens with one attached hydrogen (secondary N) is 4. The number of aliphatic hydroxyl groups excluding tert-OH is 2. The molecule has 2 unspecified atom stereocenters. The molecule has 1 saturated heterocycles. The van der Waals surface area contributed by atoms with Crippen molar-refractivity contribution in [3.05, 3.63) is 35.9 Å². The molecule has 1 aliphatic rings. The summed E-state index contributed by atoms with van der Waals surface area (Å²) in [6, 6.07) is 4.17. The SMILES string of the molecule is NC(=O)[C@H](Cc1ccccc1)NC(=O)[C@H](CO)NC(=O)C1CCC(=O)NCCCCC(N[C@@H](CO)C(N)=O)C(=O)C1.[HH].[HH]. The molecule has 1 aromatic carbocycles. The number of benzene rings is 1. The van der Waals surface area contributed by atoms with Gasteiger partial charge < -0.3 is 37.6 Å². The lowest BCUT2D eigenvalue weighted by Crippen LogP contribution is -2.56. The molecule has 1 aromatic rings. The number of hydrogen-bond acceptors (Lipinski definition) is 9. The molecule has 1 aliphatic heterocycles. The Labute approximate surface area is 240 Å². The molecule has 5 atom stereocenters. The topological polar surface area (TPSA) is 243 Å². The summed E-state index contributed by atoms with van der Waals surface area (Å²) < 4.78 is 0. The third-order valence-electron chi connectivity index (χ3n) is 6.86. The highest BCUT2D eigenvalue weighted by molar-refractivity contribution is 5.94. The van der Waals surface area contributed by atoms with Gasteiger partial charge in [0.15, 0.2) is 5.78 Å². The number of primary amides is 2. The van der Waals surface area contributed by atoms with Gasteiger partial charge in [-0.3, -0.25) is 34.1 Å². The molecule has 1 heterocycles. The third-order valence-corrected chi connectivity index (χ3v) is 6.86. The number of hydrogen-bond donors (Lipinski definition) is 8. The Morgan fingerprint density at radius 1 is 0.927 bits per heavy atom. The molecule has 41 heavy (non-hydrogen) atoms. The van der Waals surface area contributed by atoms with E-state index in [0.29, 0.717) is 19.4 Å². The molecule has 0 spiro atoms. The van der Waals surface area contributed by atoms with Crippen LogP contribution >= 0.6 is 0 Å². The maximum atomic E-state index is 13.2. The van der Waals surface area contributed by atoms with Gasteiger partial charge in [0.2, 0.25) is 29.5 Å². The van der Waals surface area contributed by atoms with E-state index in [0.717, 1.165) is 5.56 Å². The maximum Gasteiger partial charge on any atom is 0.245 e. The smallest absolute Gasteiger partial charge is 0.245 e. The van der Waals surface area contributed by atoms with Crippen molar-refractivity contribution in [2.45, 2.75) is 69.1 Å². The standard InChI is InChI=1S/C27H40N6O8.2H2/c28-24(38)19(12-16-6-2-1-3-7-16)32-27(41)21(15-35)33-26(40)17-9-10-23(37)30-11-5-4-8-18(22(36)13-17)31-20(14-34)25(29)39;;/h1-3,6-7,17-21,31,34-35H,4-5,8-15H2,(H2,28,38)(H2,29,39)(H,30,37)(H,32,41)(H,33,40);2*1H/t17?,18?,19-,20-,21-;;/m0../s1. The van der Waals surface area contributed by atoms with Crippen LogP contribution in [-0.4, -0.2) is 89.5 Å². The van der Waals surface area contributed by atoms with Crippen molar-refractivity contribution in [1.29, 1.82) is 0 Å². The summed E-state index contributed by atoms with van der Waals surface area (Å²) in [6.45, 7) is -1.08. The highest BCUT2D eigenvalue weighted by atomic mass is 16.3. The number of amides is 5. The van der Waals surface area contributed by atoms with Crippen LogP contribution in [0.25, 0.3) is 0 Å². The van der Waals surface area contributed by atoms with Gasteiger partial charge >= 0.3 is 0 Å². The first-order valence-corrected chi connectivity index (χ1v) is 13.6. The molecule has 5 amide bonds. The predicted molar refractivity (Wildman–Crippen MR) is 151 cm³/mol. The summed E-state index contributed by atoms with van der Waals surface area (Å²) in [5, 5.41) is 29.7. The van der Waals surface area contributed by atoms with Crippen molar-refractivity contribution < 1.29 is 41.8 Å². The fourth-order valence-corrected chi connectivity index (χ4v) is 4.44. The molecule has 14 heteroatoms. The first kappa shape index (κ1) is 33.3. The van der Waals surface area contributed by atoms with E-state index in [9.17, 15) is 39.0 Å². The van der Waals surface area contributed by atoms with Crippen LogP contribution in [0, 0.1) is 5.92 Å². The second-order valence-electron chi connectivity index (χ2n) is 10.0. The van der Waals surface area contributed by atoms with Crippen LogP contribution in [0.3, 0.4) is 0 Å². The largest absolute Gasteiger partial charge is 0.394 e. The highest BCUT2D eigenvalue weighted by Gasteiger charge is 2.32. The van der Waals surface area contributed by atoms with Crippen molar-refractivity contribution in [3.63, 3.8) is 0 Å². The van der Waals surface area contributed by atoms with Gasteiger partial charge in [-0.15, -0.1) is 0 Å². The predicted octanol–water partition coefficient (Wildman–Crippen LogP) is -2.37. The van der Waals surface area contributed by atoms with E-state index in [-0.39, 0.29) is 40.9 Å². The quantitative estimate of drug-likeness (QED) is 0.131. The molecule has 0 aliphatic carbocycles. The van der Waals surface area contributed by atoms with Crippen molar-refractivity contribution in [2.24, 2.45) is 17.4 Å². The minimum atomic E-state index is -1.46. The van der Waals surface area contributed by atoms with Crippen molar-refractivity contribution in [2.75, 3.05) is 19.8 Å². The normalized spacial score (nSPS) is 20.7. The Bertz CT molecular complexity index is 1080. The minimum Gasteiger partial charge on any atom is -0.394 e. The van der Waals surface area contributed by atoms with Crippen LogP contribution in [0.1, 0.15) is 46.9 Å². The van der Waals surface area contributed by atoms with Crippen LogP contribution in [0.15, 0.2) is 30.3 Å². The van der Waals surface area contributed by atoms with E-state index in [1.54, 1.807) is 30.3 Å². The van der Waals surface area contributed by atoms with E-state index in [2.05, 4.69) is 21.3 Å². The average Bonchev–Trinajstić information content (AvgIpc) is 2.94. The average molecular weight is 581 g/mol. The van der Waals surface area contributed by atoms with Gasteiger partial charge in [0, 0.05) is 34.6 Å². The first-order valence-electron chi connectivity index (χ1n) is 13.6. The van der Waals surface area contributed by atoms with Crippen molar-refractivity contribution in [3.8, 4) is 0 Å². The molecular weight excluding hydrogens is 536 g/mol. The molecule has 0 saturated carbocycles. The first-order chi connectivity index (χ1) is 19.5. The van der Waals surface area contributed by atoms with Crippen LogP contribution in [0.4, 0.5) is 0 Å². The van der Waals surface area contributed by atoms with E-state index in [1.807, 2.05) is 0 Å². The summed E-state index contributed by atoms with van der Waals surface area (Å²) in [4.78, 5) is 75.2. The summed E-state index contributed by atoms with van der Waals surface area (Å²) in [6.07, 6.45) is 0.998. The number of carbonyl (C=O) groups is 6. The van der Waals surface area contributed by atoms with Crippen LogP contribution in [0.5, 0.6) is 0 Å². The molecule has 0 aromatic heterocycles. The summed E-state index contributed by atoms with van der Waals surface area (Å²) in [5.41, 5.74) is 11.5. The number of carbonyl (C=O) groups excluding carboxylic acids is 6. The minimum absolute atomic E-state index is 0. The lowest BCUT2D eigenvalue weighted by Gasteiger charge is -2.26. The molecule has 10 N–H and O–H groups in total. The van der Waals surface area contributed by atoms with Crippen molar-refractivity contribution >= 4 is 35.3 Å². The van der Waals surface area contributed by atoms with Gasteiger partial charge in [-0.2, -0.15) is 0 Å². The van der Waals surface area contributed by atoms with Crippen LogP contribution in [-0.2, 0) is 35.2 Å². The van der Waals surface area contributed by atoms with E-state index in [4.69, 9.17) is 11.5 Å². The number of Topliss-reactive ketones (excluding diaryl/α,β-unsaturated/α-hetero) is 1. The zero-order chi connectivity index (χ0) is 30.4. The lowest BCUT2D eigenvalue weighted by molar-refractivity contribution is -0.135. The molecule has 1 fully saturated rings. The second kappa shape index (κ2) is 17.0. The molecule has 230 valence electrons. The van der Waals surface area contributed by atoms with E-state index < -0.39 is 72.7 Å². The Morgan fingerprint density at radius 3 is 2.20 bits per heavy atom. The third kappa shape index (κ3) is 11.3. The lowest BCUT2D eigenvalue weighted by atomic mass is 9.90. The van der Waals surface area contributed by atoms with Gasteiger partial charge in [-0.25, -0.2) is 0 Å². The Kier molecular flexibility index (Phi) is 13.9. The number of aliphatic hydroxyl groups is 2.